The fraction of sp³-hybridized carbons (Fsp3) is 0.400. The number of amides is 3. The van der Waals surface area contributed by atoms with E-state index in [1.165, 1.54) is 45.9 Å². The van der Waals surface area contributed by atoms with E-state index in [1.807, 2.05) is 0 Å². The quantitative estimate of drug-likeness (QED) is 0.850. The van der Waals surface area contributed by atoms with Crippen molar-refractivity contribution in [3.05, 3.63) is 57.0 Å². The highest BCUT2D eigenvalue weighted by molar-refractivity contribution is 7.10. The minimum absolute atomic E-state index is 0.282. The number of piperazine rings is 1. The Bertz CT molecular complexity index is 867. The highest BCUT2D eigenvalue weighted by Gasteiger charge is 2.34. The number of hydrogen-bond donors (Lipinski definition) is 2. The molecule has 1 aromatic heterocycles. The van der Waals surface area contributed by atoms with Crippen LogP contribution in [0.4, 0.5) is 9.18 Å². The number of hydrogen-bond acceptors (Lipinski definition) is 3. The van der Waals surface area contributed by atoms with Gasteiger partial charge in [0.25, 0.3) is 0 Å². The van der Waals surface area contributed by atoms with E-state index in [0.717, 1.165) is 12.8 Å². The maximum Gasteiger partial charge on any atom is 0.318 e. The number of rotatable bonds is 3. The molecule has 1 fully saturated rings. The monoisotopic (exact) mass is 387 g/mol. The van der Waals surface area contributed by atoms with Crippen LogP contribution in [-0.4, -0.2) is 29.9 Å². The third-order valence-electron chi connectivity index (χ3n) is 5.22. The molecule has 1 aliphatic carbocycles. The standard InChI is InChI=1S/C20H22FN3O2S/c21-15-5-3-4-13(10-15)18-19(25)22-8-9-24(18)20(26)23-11-14-12-27-17-7-2-1-6-16(14)17/h3-5,10,12,18H,1-2,6-9,11H2,(H,22,25)(H,23,26)/t18-/m0/s1. The van der Waals surface area contributed by atoms with Crippen molar-refractivity contribution in [1.82, 2.24) is 15.5 Å². The van der Waals surface area contributed by atoms with Gasteiger partial charge in [0.15, 0.2) is 0 Å². The van der Waals surface area contributed by atoms with Crippen LogP contribution in [0.1, 0.15) is 40.5 Å². The van der Waals surface area contributed by atoms with Gasteiger partial charge in [0.2, 0.25) is 5.91 Å². The molecule has 0 saturated carbocycles. The zero-order valence-corrected chi connectivity index (χ0v) is 15.8. The molecule has 0 spiro atoms. The minimum Gasteiger partial charge on any atom is -0.352 e. The predicted molar refractivity (Wildman–Crippen MR) is 102 cm³/mol. The van der Waals surface area contributed by atoms with Gasteiger partial charge in [-0.2, -0.15) is 0 Å². The van der Waals surface area contributed by atoms with E-state index in [9.17, 15) is 14.0 Å². The normalized spacial score (nSPS) is 19.4. The Labute approximate surface area is 161 Å². The number of carbonyl (C=O) groups excluding carboxylic acids is 2. The molecule has 27 heavy (non-hydrogen) atoms. The number of urea groups is 1. The Hall–Kier alpha value is -2.41. The van der Waals surface area contributed by atoms with Crippen molar-refractivity contribution in [1.29, 1.82) is 0 Å². The summed E-state index contributed by atoms with van der Waals surface area (Å²) < 4.78 is 13.6. The Kier molecular flexibility index (Phi) is 5.11. The summed E-state index contributed by atoms with van der Waals surface area (Å²) in [5, 5.41) is 7.85. The SMILES string of the molecule is O=C1NCCN(C(=O)NCc2csc3c2CCCC3)[C@H]1c1cccc(F)c1. The van der Waals surface area contributed by atoms with Gasteiger partial charge in [0.05, 0.1) is 0 Å². The molecule has 2 aliphatic rings. The van der Waals surface area contributed by atoms with Crippen molar-refractivity contribution < 1.29 is 14.0 Å². The van der Waals surface area contributed by atoms with Crippen LogP contribution in [0.5, 0.6) is 0 Å². The van der Waals surface area contributed by atoms with Gasteiger partial charge < -0.3 is 15.5 Å². The Balaban J connectivity index is 1.49. The molecular formula is C20H22FN3O2S. The van der Waals surface area contributed by atoms with Crippen molar-refractivity contribution >= 4 is 23.3 Å². The largest absolute Gasteiger partial charge is 0.352 e. The number of thiophene rings is 1. The molecule has 1 aliphatic heterocycles. The second-order valence-electron chi connectivity index (χ2n) is 6.97. The molecule has 0 radical (unpaired) electrons. The van der Waals surface area contributed by atoms with Gasteiger partial charge in [-0.3, -0.25) is 4.79 Å². The molecular weight excluding hydrogens is 365 g/mol. The zero-order chi connectivity index (χ0) is 18.8. The van der Waals surface area contributed by atoms with Gasteiger partial charge in [0.1, 0.15) is 11.9 Å². The smallest absolute Gasteiger partial charge is 0.318 e. The van der Waals surface area contributed by atoms with Crippen LogP contribution in [0.25, 0.3) is 0 Å². The first-order valence-corrected chi connectivity index (χ1v) is 10.2. The van der Waals surface area contributed by atoms with E-state index in [1.54, 1.807) is 23.5 Å². The lowest BCUT2D eigenvalue weighted by Crippen LogP contribution is -2.54. The summed E-state index contributed by atoms with van der Waals surface area (Å²) in [6.45, 7) is 1.24. The summed E-state index contributed by atoms with van der Waals surface area (Å²) in [4.78, 5) is 28.1. The van der Waals surface area contributed by atoms with E-state index >= 15 is 0 Å². The summed E-state index contributed by atoms with van der Waals surface area (Å²) >= 11 is 1.77. The molecule has 142 valence electrons. The van der Waals surface area contributed by atoms with Crippen LogP contribution in [0.2, 0.25) is 0 Å². The third-order valence-corrected chi connectivity index (χ3v) is 6.35. The van der Waals surface area contributed by atoms with Crippen LogP contribution in [0, 0.1) is 5.82 Å². The Morgan fingerprint density at radius 3 is 3.04 bits per heavy atom. The first-order valence-electron chi connectivity index (χ1n) is 9.29. The van der Waals surface area contributed by atoms with Crippen molar-refractivity contribution in [2.45, 2.75) is 38.3 Å². The number of halogens is 1. The Morgan fingerprint density at radius 1 is 1.33 bits per heavy atom. The lowest BCUT2D eigenvalue weighted by Gasteiger charge is -2.35. The molecule has 5 nitrogen and oxygen atoms in total. The summed E-state index contributed by atoms with van der Waals surface area (Å²) in [5.41, 5.74) is 3.03. The lowest BCUT2D eigenvalue weighted by atomic mass is 9.96. The fourth-order valence-corrected chi connectivity index (χ4v) is 5.02. The molecule has 3 amide bonds. The van der Waals surface area contributed by atoms with Crippen LogP contribution in [0.3, 0.4) is 0 Å². The Morgan fingerprint density at radius 2 is 2.19 bits per heavy atom. The number of benzene rings is 1. The maximum absolute atomic E-state index is 13.6. The average Bonchev–Trinajstić information content (AvgIpc) is 3.09. The van der Waals surface area contributed by atoms with Crippen LogP contribution in [0.15, 0.2) is 29.6 Å². The van der Waals surface area contributed by atoms with Gasteiger partial charge in [0, 0.05) is 24.5 Å². The first-order chi connectivity index (χ1) is 13.1. The van der Waals surface area contributed by atoms with Gasteiger partial charge in [-0.25, -0.2) is 9.18 Å². The van der Waals surface area contributed by atoms with Gasteiger partial charge in [-0.15, -0.1) is 11.3 Å². The molecule has 2 heterocycles. The van der Waals surface area contributed by atoms with Gasteiger partial charge in [-0.05, 0) is 59.9 Å². The summed E-state index contributed by atoms with van der Waals surface area (Å²) in [6, 6.07) is 4.76. The molecule has 1 saturated heterocycles. The number of aryl methyl sites for hydroxylation is 1. The van der Waals surface area contributed by atoms with Crippen molar-refractivity contribution in [3.63, 3.8) is 0 Å². The average molecular weight is 387 g/mol. The highest BCUT2D eigenvalue weighted by atomic mass is 32.1. The van der Waals surface area contributed by atoms with Crippen LogP contribution in [-0.2, 0) is 24.2 Å². The molecule has 0 bridgehead atoms. The van der Waals surface area contributed by atoms with E-state index in [2.05, 4.69) is 16.0 Å². The highest BCUT2D eigenvalue weighted by Crippen LogP contribution is 2.30. The molecule has 1 atom stereocenters. The maximum atomic E-state index is 13.6. The lowest BCUT2D eigenvalue weighted by molar-refractivity contribution is -0.127. The van der Waals surface area contributed by atoms with E-state index in [4.69, 9.17) is 0 Å². The van der Waals surface area contributed by atoms with E-state index in [0.29, 0.717) is 25.2 Å². The van der Waals surface area contributed by atoms with Crippen LogP contribution < -0.4 is 10.6 Å². The van der Waals surface area contributed by atoms with Crippen LogP contribution >= 0.6 is 11.3 Å². The molecule has 1 aromatic carbocycles. The zero-order valence-electron chi connectivity index (χ0n) is 15.0. The predicted octanol–water partition coefficient (Wildman–Crippen LogP) is 3.15. The first kappa shape index (κ1) is 18.0. The summed E-state index contributed by atoms with van der Waals surface area (Å²) in [5.74, 6) is -0.703. The second-order valence-corrected chi connectivity index (χ2v) is 7.93. The molecule has 4 rings (SSSR count). The minimum atomic E-state index is -0.814. The van der Waals surface area contributed by atoms with Gasteiger partial charge in [-0.1, -0.05) is 12.1 Å². The number of nitrogens with zero attached hydrogens (tertiary/aromatic N) is 1. The number of carbonyl (C=O) groups is 2. The molecule has 0 unspecified atom stereocenters. The number of fused-ring (bicyclic) bond motifs is 1. The summed E-state index contributed by atoms with van der Waals surface area (Å²) in [7, 11) is 0. The second kappa shape index (κ2) is 7.68. The van der Waals surface area contributed by atoms with E-state index < -0.39 is 11.9 Å². The van der Waals surface area contributed by atoms with Crippen molar-refractivity contribution in [2.24, 2.45) is 0 Å². The third kappa shape index (κ3) is 3.69. The van der Waals surface area contributed by atoms with Gasteiger partial charge >= 0.3 is 6.03 Å². The number of nitrogens with one attached hydrogen (secondary N) is 2. The van der Waals surface area contributed by atoms with Crippen molar-refractivity contribution in [3.8, 4) is 0 Å². The molecule has 2 aromatic rings. The molecule has 2 N–H and O–H groups in total. The van der Waals surface area contributed by atoms with E-state index in [-0.39, 0.29) is 11.9 Å². The summed E-state index contributed by atoms with van der Waals surface area (Å²) in [6.07, 6.45) is 4.63. The van der Waals surface area contributed by atoms with Crippen molar-refractivity contribution in [2.75, 3.05) is 13.1 Å². The topological polar surface area (TPSA) is 61.4 Å². The fourth-order valence-electron chi connectivity index (χ4n) is 3.88. The molecule has 7 heteroatoms.